The van der Waals surface area contributed by atoms with E-state index in [9.17, 15) is 0 Å². The highest BCUT2D eigenvalue weighted by atomic mass is 15.0. The molecule has 0 saturated carbocycles. The molecule has 0 radical (unpaired) electrons. The van der Waals surface area contributed by atoms with E-state index in [0.717, 1.165) is 39.1 Å². The Balaban J connectivity index is 2.01. The summed E-state index contributed by atoms with van der Waals surface area (Å²) in [7, 11) is 0. The molecule has 0 aliphatic heterocycles. The molecular formula is C16H12N4. The first-order chi connectivity index (χ1) is 9.81. The molecule has 0 atom stereocenters. The first-order valence-electron chi connectivity index (χ1n) is 6.49. The van der Waals surface area contributed by atoms with E-state index in [4.69, 9.17) is 0 Å². The summed E-state index contributed by atoms with van der Waals surface area (Å²) in [5.41, 5.74) is 4.68. The Bertz CT molecular complexity index is 919. The van der Waals surface area contributed by atoms with E-state index in [1.807, 2.05) is 37.3 Å². The van der Waals surface area contributed by atoms with E-state index in [2.05, 4.69) is 32.1 Å². The van der Waals surface area contributed by atoms with Crippen LogP contribution in [0.15, 0.2) is 48.7 Å². The fourth-order valence-electron chi connectivity index (χ4n) is 2.42. The van der Waals surface area contributed by atoms with E-state index in [1.54, 1.807) is 6.20 Å². The molecule has 0 fully saturated rings. The fraction of sp³-hybridized carbons (Fsp3) is 0.0625. The van der Waals surface area contributed by atoms with Gasteiger partial charge in [0.15, 0.2) is 5.65 Å². The van der Waals surface area contributed by atoms with Gasteiger partial charge in [0.1, 0.15) is 5.82 Å². The van der Waals surface area contributed by atoms with Crippen molar-refractivity contribution in [3.8, 4) is 11.4 Å². The highest BCUT2D eigenvalue weighted by Crippen LogP contribution is 2.26. The normalized spacial score (nSPS) is 11.2. The molecule has 20 heavy (non-hydrogen) atoms. The van der Waals surface area contributed by atoms with Gasteiger partial charge in [0.25, 0.3) is 0 Å². The Morgan fingerprint density at radius 2 is 1.90 bits per heavy atom. The van der Waals surface area contributed by atoms with Crippen LogP contribution in [0.1, 0.15) is 5.69 Å². The van der Waals surface area contributed by atoms with Gasteiger partial charge in [0.2, 0.25) is 0 Å². The van der Waals surface area contributed by atoms with E-state index in [-0.39, 0.29) is 0 Å². The fourth-order valence-corrected chi connectivity index (χ4v) is 2.42. The third-order valence-corrected chi connectivity index (χ3v) is 3.39. The van der Waals surface area contributed by atoms with Gasteiger partial charge < -0.3 is 4.98 Å². The highest BCUT2D eigenvalue weighted by molar-refractivity contribution is 5.94. The maximum absolute atomic E-state index is 4.60. The second-order valence-corrected chi connectivity index (χ2v) is 4.78. The van der Waals surface area contributed by atoms with Gasteiger partial charge in [0.05, 0.1) is 11.0 Å². The average molecular weight is 260 g/mol. The summed E-state index contributed by atoms with van der Waals surface area (Å²) in [5, 5.41) is 1.09. The Morgan fingerprint density at radius 3 is 2.85 bits per heavy atom. The number of H-pyrrole nitrogens is 1. The van der Waals surface area contributed by atoms with Crippen LogP contribution in [-0.2, 0) is 0 Å². The molecule has 0 bridgehead atoms. The van der Waals surface area contributed by atoms with Crippen molar-refractivity contribution in [2.24, 2.45) is 0 Å². The quantitative estimate of drug-likeness (QED) is 0.570. The van der Waals surface area contributed by atoms with Crippen LogP contribution in [0.25, 0.3) is 33.5 Å². The largest absolute Gasteiger partial charge is 0.337 e. The molecule has 0 aliphatic carbocycles. The molecule has 3 heterocycles. The minimum atomic E-state index is 0.751. The number of hydrogen-bond acceptors (Lipinski definition) is 3. The standard InChI is InChI=1S/C16H12N4/c1-10-7-8-14-16(18-10)20-15(19-14)12-4-2-6-13-11(12)5-3-9-17-13/h2-9H,1H3,(H,18,19,20). The lowest BCUT2D eigenvalue weighted by atomic mass is 10.1. The number of imidazole rings is 1. The predicted octanol–water partition coefficient (Wildman–Crippen LogP) is 3.48. The number of aromatic nitrogens is 4. The van der Waals surface area contributed by atoms with Gasteiger partial charge in [-0.15, -0.1) is 0 Å². The number of pyridine rings is 2. The Labute approximate surface area is 115 Å². The number of aryl methyl sites for hydroxylation is 1. The molecular weight excluding hydrogens is 248 g/mol. The lowest BCUT2D eigenvalue weighted by Gasteiger charge is -2.02. The second kappa shape index (κ2) is 4.13. The topological polar surface area (TPSA) is 54.5 Å². The third-order valence-electron chi connectivity index (χ3n) is 3.39. The monoisotopic (exact) mass is 260 g/mol. The number of rotatable bonds is 1. The van der Waals surface area contributed by atoms with Crippen LogP contribution in [0.3, 0.4) is 0 Å². The SMILES string of the molecule is Cc1ccc2[nH]c(-c3cccc4ncccc34)nc2n1. The summed E-state index contributed by atoms with van der Waals surface area (Å²) in [6.07, 6.45) is 1.80. The maximum Gasteiger partial charge on any atom is 0.178 e. The van der Waals surface area contributed by atoms with Crippen LogP contribution >= 0.6 is 0 Å². The maximum atomic E-state index is 4.60. The molecule has 1 aromatic carbocycles. The van der Waals surface area contributed by atoms with E-state index < -0.39 is 0 Å². The predicted molar refractivity (Wildman–Crippen MR) is 79.4 cm³/mol. The summed E-state index contributed by atoms with van der Waals surface area (Å²) < 4.78 is 0. The second-order valence-electron chi connectivity index (χ2n) is 4.78. The lowest BCUT2D eigenvalue weighted by Crippen LogP contribution is -1.85. The van der Waals surface area contributed by atoms with Crippen molar-refractivity contribution in [2.75, 3.05) is 0 Å². The molecule has 0 aliphatic rings. The number of aromatic amines is 1. The van der Waals surface area contributed by atoms with Gasteiger partial charge in [-0.05, 0) is 31.2 Å². The summed E-state index contributed by atoms with van der Waals surface area (Å²) in [4.78, 5) is 16.8. The molecule has 0 amide bonds. The number of nitrogens with zero attached hydrogens (tertiary/aromatic N) is 3. The van der Waals surface area contributed by atoms with Gasteiger partial charge in [-0.25, -0.2) is 9.97 Å². The van der Waals surface area contributed by atoms with Crippen molar-refractivity contribution in [2.45, 2.75) is 6.92 Å². The molecule has 3 aromatic heterocycles. The van der Waals surface area contributed by atoms with Crippen LogP contribution in [0.2, 0.25) is 0 Å². The highest BCUT2D eigenvalue weighted by Gasteiger charge is 2.09. The van der Waals surface area contributed by atoms with Crippen molar-refractivity contribution in [3.05, 3.63) is 54.4 Å². The molecule has 4 aromatic rings. The van der Waals surface area contributed by atoms with Crippen LogP contribution in [0.5, 0.6) is 0 Å². The van der Waals surface area contributed by atoms with E-state index >= 15 is 0 Å². The molecule has 4 heteroatoms. The molecule has 1 N–H and O–H groups in total. The zero-order valence-electron chi connectivity index (χ0n) is 11.0. The zero-order chi connectivity index (χ0) is 13.5. The number of hydrogen-bond donors (Lipinski definition) is 1. The number of fused-ring (bicyclic) bond motifs is 2. The van der Waals surface area contributed by atoms with Gasteiger partial charge in [-0.2, -0.15) is 0 Å². The molecule has 4 rings (SSSR count). The summed E-state index contributed by atoms with van der Waals surface area (Å²) >= 11 is 0. The summed E-state index contributed by atoms with van der Waals surface area (Å²) in [6, 6.07) is 14.0. The lowest BCUT2D eigenvalue weighted by molar-refractivity contribution is 1.22. The summed E-state index contributed by atoms with van der Waals surface area (Å²) in [6.45, 7) is 1.97. The Hall–Kier alpha value is -2.75. The number of nitrogens with one attached hydrogen (secondary N) is 1. The van der Waals surface area contributed by atoms with E-state index in [1.165, 1.54) is 0 Å². The minimum Gasteiger partial charge on any atom is -0.337 e. The smallest absolute Gasteiger partial charge is 0.178 e. The minimum absolute atomic E-state index is 0.751. The zero-order valence-corrected chi connectivity index (χ0v) is 11.0. The van der Waals surface area contributed by atoms with Crippen LogP contribution < -0.4 is 0 Å². The van der Waals surface area contributed by atoms with Gasteiger partial charge >= 0.3 is 0 Å². The first-order valence-corrected chi connectivity index (χ1v) is 6.49. The number of benzene rings is 1. The van der Waals surface area contributed by atoms with Crippen molar-refractivity contribution >= 4 is 22.1 Å². The van der Waals surface area contributed by atoms with Crippen LogP contribution in [-0.4, -0.2) is 19.9 Å². The third kappa shape index (κ3) is 1.66. The molecule has 0 saturated heterocycles. The van der Waals surface area contributed by atoms with Gasteiger partial charge in [-0.3, -0.25) is 4.98 Å². The molecule has 0 unspecified atom stereocenters. The molecule has 0 spiro atoms. The Morgan fingerprint density at radius 1 is 0.950 bits per heavy atom. The van der Waals surface area contributed by atoms with Crippen molar-refractivity contribution in [1.82, 2.24) is 19.9 Å². The van der Waals surface area contributed by atoms with Crippen LogP contribution in [0.4, 0.5) is 0 Å². The first kappa shape index (κ1) is 11.1. The van der Waals surface area contributed by atoms with Gasteiger partial charge in [0, 0.05) is 22.8 Å². The van der Waals surface area contributed by atoms with Crippen molar-refractivity contribution in [3.63, 3.8) is 0 Å². The van der Waals surface area contributed by atoms with Crippen LogP contribution in [0, 0.1) is 6.92 Å². The molecule has 96 valence electrons. The average Bonchev–Trinajstić information content (AvgIpc) is 2.89. The molecule has 4 nitrogen and oxygen atoms in total. The van der Waals surface area contributed by atoms with E-state index in [0.29, 0.717) is 0 Å². The van der Waals surface area contributed by atoms with Gasteiger partial charge in [-0.1, -0.05) is 18.2 Å². The Kier molecular flexibility index (Phi) is 2.29. The summed E-state index contributed by atoms with van der Waals surface area (Å²) in [5.74, 6) is 0.830. The van der Waals surface area contributed by atoms with Crippen molar-refractivity contribution < 1.29 is 0 Å². The van der Waals surface area contributed by atoms with Crippen molar-refractivity contribution in [1.29, 1.82) is 0 Å².